The monoisotopic (exact) mass is 455 g/mol. The minimum absolute atomic E-state index is 0.143. The molecule has 178 valence electrons. The van der Waals surface area contributed by atoms with Gasteiger partial charge in [-0.3, -0.25) is 9.59 Å². The van der Waals surface area contributed by atoms with Crippen molar-refractivity contribution in [2.24, 2.45) is 0 Å². The number of hydrogen-bond donors (Lipinski definition) is 3. The van der Waals surface area contributed by atoms with Gasteiger partial charge < -0.3 is 25.4 Å². The summed E-state index contributed by atoms with van der Waals surface area (Å²) in [5.74, 6) is -0.508. The summed E-state index contributed by atoms with van der Waals surface area (Å²) in [5, 5.41) is 14.8. The van der Waals surface area contributed by atoms with E-state index in [2.05, 4.69) is 10.6 Å². The third-order valence-corrected chi connectivity index (χ3v) is 4.70. The molecule has 3 N–H and O–H groups in total. The molecule has 0 aliphatic carbocycles. The summed E-state index contributed by atoms with van der Waals surface area (Å²) in [5.41, 5.74) is 1.15. The number of hydrogen-bond acceptors (Lipinski definition) is 5. The SMILES string of the molecule is CN(CC(=O)NCCc1ccc(O)cc1)C(=O)[C@@H](Cc1ccccc1)NC(=O)OC(C)(C)C. The summed E-state index contributed by atoms with van der Waals surface area (Å²) < 4.78 is 5.30. The third-order valence-electron chi connectivity index (χ3n) is 4.70. The molecule has 3 amide bonds. The molecule has 0 aliphatic heterocycles. The molecule has 0 saturated heterocycles. The fraction of sp³-hybridized carbons (Fsp3) is 0.400. The maximum Gasteiger partial charge on any atom is 0.408 e. The second kappa shape index (κ2) is 11.9. The Kier molecular flexibility index (Phi) is 9.27. The lowest BCUT2D eigenvalue weighted by Gasteiger charge is -2.26. The minimum atomic E-state index is -0.878. The number of benzene rings is 2. The van der Waals surface area contributed by atoms with Gasteiger partial charge in [-0.25, -0.2) is 4.79 Å². The molecule has 2 aromatic carbocycles. The zero-order valence-corrected chi connectivity index (χ0v) is 19.6. The number of likely N-dealkylation sites (N-methyl/N-ethyl adjacent to an activating group) is 1. The first-order chi connectivity index (χ1) is 15.5. The minimum Gasteiger partial charge on any atom is -0.508 e. The standard InChI is InChI=1S/C25H33N3O5/c1-25(2,3)33-24(32)27-21(16-19-8-6-5-7-9-19)23(31)28(4)17-22(30)26-15-14-18-10-12-20(29)13-11-18/h5-13,21,29H,14-17H2,1-4H3,(H,26,30)(H,27,32)/t21-/m1/s1. The number of nitrogens with one attached hydrogen (secondary N) is 2. The third kappa shape index (κ3) is 9.64. The zero-order valence-electron chi connectivity index (χ0n) is 19.6. The fourth-order valence-electron chi connectivity index (χ4n) is 3.12. The first-order valence-electron chi connectivity index (χ1n) is 10.9. The predicted octanol–water partition coefficient (Wildman–Crippen LogP) is 2.65. The van der Waals surface area contributed by atoms with Crippen LogP contribution in [0.2, 0.25) is 0 Å². The number of carbonyl (C=O) groups excluding carboxylic acids is 3. The molecule has 0 aromatic heterocycles. The normalized spacial score (nSPS) is 11.9. The van der Waals surface area contributed by atoms with Crippen LogP contribution in [0.4, 0.5) is 4.79 Å². The Morgan fingerprint density at radius 3 is 2.24 bits per heavy atom. The van der Waals surface area contributed by atoms with E-state index in [0.29, 0.717) is 13.0 Å². The number of alkyl carbamates (subject to hydrolysis) is 1. The van der Waals surface area contributed by atoms with Gasteiger partial charge in [0, 0.05) is 20.0 Å². The predicted molar refractivity (Wildman–Crippen MR) is 126 cm³/mol. The summed E-state index contributed by atoms with van der Waals surface area (Å²) in [6.07, 6.45) is 0.176. The van der Waals surface area contributed by atoms with E-state index in [1.54, 1.807) is 45.0 Å². The molecule has 2 rings (SSSR count). The Morgan fingerprint density at radius 1 is 1.00 bits per heavy atom. The lowest BCUT2D eigenvalue weighted by atomic mass is 10.0. The van der Waals surface area contributed by atoms with Gasteiger partial charge >= 0.3 is 6.09 Å². The van der Waals surface area contributed by atoms with Crippen molar-refractivity contribution in [2.75, 3.05) is 20.1 Å². The van der Waals surface area contributed by atoms with Crippen LogP contribution < -0.4 is 10.6 Å². The summed E-state index contributed by atoms with van der Waals surface area (Å²) >= 11 is 0. The van der Waals surface area contributed by atoms with E-state index in [0.717, 1.165) is 11.1 Å². The van der Waals surface area contributed by atoms with Crippen molar-refractivity contribution in [1.82, 2.24) is 15.5 Å². The molecule has 1 atom stereocenters. The van der Waals surface area contributed by atoms with E-state index in [-0.39, 0.29) is 24.6 Å². The molecular weight excluding hydrogens is 422 g/mol. The van der Waals surface area contributed by atoms with E-state index in [9.17, 15) is 19.5 Å². The van der Waals surface area contributed by atoms with E-state index in [1.807, 2.05) is 30.3 Å². The molecule has 33 heavy (non-hydrogen) atoms. The van der Waals surface area contributed by atoms with Crippen molar-refractivity contribution >= 4 is 17.9 Å². The molecule has 0 aliphatic rings. The number of rotatable bonds is 9. The van der Waals surface area contributed by atoms with Gasteiger partial charge in [0.05, 0.1) is 6.54 Å². The summed E-state index contributed by atoms with van der Waals surface area (Å²) in [7, 11) is 1.52. The Morgan fingerprint density at radius 2 is 1.64 bits per heavy atom. The van der Waals surface area contributed by atoms with Gasteiger partial charge in [0.1, 0.15) is 17.4 Å². The largest absolute Gasteiger partial charge is 0.508 e. The number of carbonyl (C=O) groups is 3. The summed E-state index contributed by atoms with van der Waals surface area (Å²) in [4.78, 5) is 39.0. The van der Waals surface area contributed by atoms with Gasteiger partial charge in [0.15, 0.2) is 0 Å². The summed E-state index contributed by atoms with van der Waals surface area (Å²) in [6.45, 7) is 5.49. The molecule has 0 spiro atoms. The molecule has 0 saturated carbocycles. The lowest BCUT2D eigenvalue weighted by molar-refractivity contribution is -0.136. The number of phenolic OH excluding ortho intramolecular Hbond substituents is 1. The molecule has 2 aromatic rings. The van der Waals surface area contributed by atoms with Crippen molar-refractivity contribution in [2.45, 2.75) is 45.3 Å². The smallest absolute Gasteiger partial charge is 0.408 e. The maximum atomic E-state index is 13.1. The molecule has 8 nitrogen and oxygen atoms in total. The highest BCUT2D eigenvalue weighted by Crippen LogP contribution is 2.11. The van der Waals surface area contributed by atoms with Crippen molar-refractivity contribution < 1.29 is 24.2 Å². The Bertz CT molecular complexity index is 923. The van der Waals surface area contributed by atoms with Gasteiger partial charge in [0.2, 0.25) is 11.8 Å². The quantitative estimate of drug-likeness (QED) is 0.539. The lowest BCUT2D eigenvalue weighted by Crippen LogP contribution is -2.51. The van der Waals surface area contributed by atoms with E-state index in [4.69, 9.17) is 4.74 Å². The number of aromatic hydroxyl groups is 1. The number of nitrogens with zero attached hydrogens (tertiary/aromatic N) is 1. The van der Waals surface area contributed by atoms with Crippen LogP contribution in [-0.2, 0) is 27.2 Å². The van der Waals surface area contributed by atoms with Crippen LogP contribution >= 0.6 is 0 Å². The molecule has 0 fully saturated rings. The van der Waals surface area contributed by atoms with Crippen LogP contribution in [0.5, 0.6) is 5.75 Å². The average molecular weight is 456 g/mol. The van der Waals surface area contributed by atoms with Crippen LogP contribution in [0.25, 0.3) is 0 Å². The Balaban J connectivity index is 1.94. The highest BCUT2D eigenvalue weighted by atomic mass is 16.6. The maximum absolute atomic E-state index is 13.1. The van der Waals surface area contributed by atoms with Gasteiger partial charge in [-0.1, -0.05) is 42.5 Å². The molecule has 0 heterocycles. The zero-order chi connectivity index (χ0) is 24.4. The molecule has 8 heteroatoms. The molecular formula is C25H33N3O5. The van der Waals surface area contributed by atoms with Crippen LogP contribution in [0.15, 0.2) is 54.6 Å². The van der Waals surface area contributed by atoms with Crippen molar-refractivity contribution in [3.63, 3.8) is 0 Å². The Hall–Kier alpha value is -3.55. The van der Waals surface area contributed by atoms with Gasteiger partial charge in [-0.05, 0) is 50.5 Å². The van der Waals surface area contributed by atoms with Crippen molar-refractivity contribution in [3.05, 3.63) is 65.7 Å². The first-order valence-corrected chi connectivity index (χ1v) is 10.9. The first kappa shape index (κ1) is 25.7. The van der Waals surface area contributed by atoms with Crippen molar-refractivity contribution in [1.29, 1.82) is 0 Å². The van der Waals surface area contributed by atoms with Crippen molar-refractivity contribution in [3.8, 4) is 5.75 Å². The van der Waals surface area contributed by atoms with Crippen LogP contribution in [0.1, 0.15) is 31.9 Å². The van der Waals surface area contributed by atoms with Gasteiger partial charge in [-0.15, -0.1) is 0 Å². The highest BCUT2D eigenvalue weighted by Gasteiger charge is 2.27. The topological polar surface area (TPSA) is 108 Å². The average Bonchev–Trinajstić information content (AvgIpc) is 2.73. The highest BCUT2D eigenvalue weighted by molar-refractivity contribution is 5.89. The van der Waals surface area contributed by atoms with Crippen LogP contribution in [0, 0.1) is 0 Å². The summed E-state index contributed by atoms with van der Waals surface area (Å²) in [6, 6.07) is 15.2. The fourth-order valence-corrected chi connectivity index (χ4v) is 3.12. The van der Waals surface area contributed by atoms with Gasteiger partial charge in [0.25, 0.3) is 0 Å². The molecule has 0 bridgehead atoms. The van der Waals surface area contributed by atoms with Crippen LogP contribution in [-0.4, -0.2) is 59.7 Å². The van der Waals surface area contributed by atoms with E-state index < -0.39 is 23.6 Å². The Labute approximate surface area is 194 Å². The molecule has 0 radical (unpaired) electrons. The van der Waals surface area contributed by atoms with E-state index in [1.165, 1.54) is 11.9 Å². The second-order valence-electron chi connectivity index (χ2n) is 8.85. The number of amides is 3. The number of ether oxygens (including phenoxy) is 1. The number of phenols is 1. The molecule has 0 unspecified atom stereocenters. The van der Waals surface area contributed by atoms with Gasteiger partial charge in [-0.2, -0.15) is 0 Å². The van der Waals surface area contributed by atoms with E-state index >= 15 is 0 Å². The van der Waals surface area contributed by atoms with Crippen LogP contribution in [0.3, 0.4) is 0 Å². The second-order valence-corrected chi connectivity index (χ2v) is 8.85.